The lowest BCUT2D eigenvalue weighted by molar-refractivity contribution is -0.118. The maximum Gasteiger partial charge on any atom is 0.230 e. The average molecular weight is 315 g/mol. The quantitative estimate of drug-likeness (QED) is 0.561. The van der Waals surface area contributed by atoms with E-state index in [1.807, 2.05) is 24.3 Å². The zero-order valence-electron chi connectivity index (χ0n) is 12.2. The monoisotopic (exact) mass is 314 g/mol. The van der Waals surface area contributed by atoms with Gasteiger partial charge in [-0.05, 0) is 38.2 Å². The number of benzene rings is 1. The lowest BCUT2D eigenvalue weighted by atomic mass is 10.3. The Labute approximate surface area is 131 Å². The molecule has 0 spiro atoms. The van der Waals surface area contributed by atoms with E-state index in [2.05, 4.69) is 24.1 Å². The second-order valence-corrected chi connectivity index (χ2v) is 5.87. The smallest absolute Gasteiger partial charge is 0.230 e. The van der Waals surface area contributed by atoms with Crippen molar-refractivity contribution in [3.8, 4) is 0 Å². The molecule has 20 heavy (non-hydrogen) atoms. The molecule has 1 aromatic carbocycles. The van der Waals surface area contributed by atoms with Gasteiger partial charge in [-0.25, -0.2) is 0 Å². The number of hydrogen-bond acceptors (Lipinski definition) is 3. The molecule has 112 valence electrons. The molecule has 0 aliphatic carbocycles. The minimum Gasteiger partial charge on any atom is -0.355 e. The van der Waals surface area contributed by atoms with Crippen molar-refractivity contribution < 1.29 is 4.79 Å². The van der Waals surface area contributed by atoms with Crippen molar-refractivity contribution in [2.24, 2.45) is 0 Å². The summed E-state index contributed by atoms with van der Waals surface area (Å²) in [6.07, 6.45) is 0.990. The van der Waals surface area contributed by atoms with Crippen LogP contribution in [-0.4, -0.2) is 42.7 Å². The van der Waals surface area contributed by atoms with Crippen molar-refractivity contribution >= 4 is 29.3 Å². The maximum absolute atomic E-state index is 11.7. The van der Waals surface area contributed by atoms with Crippen LogP contribution in [0.25, 0.3) is 0 Å². The molecule has 1 amide bonds. The molecular weight excluding hydrogens is 292 g/mol. The molecule has 1 rings (SSSR count). The number of carbonyl (C=O) groups excluding carboxylic acids is 1. The Hall–Kier alpha value is -0.710. The Bertz CT molecular complexity index is 411. The lowest BCUT2D eigenvalue weighted by Crippen LogP contribution is -2.30. The summed E-state index contributed by atoms with van der Waals surface area (Å²) in [5.41, 5.74) is 0. The van der Waals surface area contributed by atoms with Crippen LogP contribution in [0.3, 0.4) is 0 Å². The molecule has 0 atom stereocenters. The number of nitrogens with one attached hydrogen (secondary N) is 1. The fourth-order valence-electron chi connectivity index (χ4n) is 1.83. The number of halogens is 1. The summed E-state index contributed by atoms with van der Waals surface area (Å²) in [7, 11) is 0. The Kier molecular flexibility index (Phi) is 8.74. The molecule has 0 aliphatic heterocycles. The van der Waals surface area contributed by atoms with Gasteiger partial charge < -0.3 is 10.2 Å². The van der Waals surface area contributed by atoms with E-state index in [1.54, 1.807) is 0 Å². The standard InChI is InChI=1S/C15H23ClN2OS/c1-3-18(4-2)11-7-10-17-15(19)12-20-14-9-6-5-8-13(14)16/h5-6,8-9H,3-4,7,10-12H2,1-2H3,(H,17,19). The van der Waals surface area contributed by atoms with Gasteiger partial charge in [-0.1, -0.05) is 37.6 Å². The van der Waals surface area contributed by atoms with E-state index in [9.17, 15) is 4.79 Å². The third kappa shape index (κ3) is 6.64. The summed E-state index contributed by atoms with van der Waals surface area (Å²) in [6, 6.07) is 7.59. The van der Waals surface area contributed by atoms with E-state index in [1.165, 1.54) is 11.8 Å². The first-order chi connectivity index (χ1) is 9.67. The highest BCUT2D eigenvalue weighted by Gasteiger charge is 2.05. The molecule has 0 fully saturated rings. The van der Waals surface area contributed by atoms with Gasteiger partial charge in [-0.3, -0.25) is 4.79 Å². The molecule has 1 N–H and O–H groups in total. The summed E-state index contributed by atoms with van der Waals surface area (Å²) in [4.78, 5) is 15.0. The van der Waals surface area contributed by atoms with Crippen molar-refractivity contribution in [2.45, 2.75) is 25.2 Å². The van der Waals surface area contributed by atoms with E-state index >= 15 is 0 Å². The maximum atomic E-state index is 11.7. The van der Waals surface area contributed by atoms with Gasteiger partial charge in [-0.2, -0.15) is 0 Å². The van der Waals surface area contributed by atoms with Crippen molar-refractivity contribution in [1.82, 2.24) is 10.2 Å². The molecule has 0 bridgehead atoms. The normalized spacial score (nSPS) is 10.8. The zero-order chi connectivity index (χ0) is 14.8. The van der Waals surface area contributed by atoms with E-state index in [0.717, 1.165) is 37.5 Å². The van der Waals surface area contributed by atoms with Gasteiger partial charge >= 0.3 is 0 Å². The number of hydrogen-bond donors (Lipinski definition) is 1. The van der Waals surface area contributed by atoms with Crippen molar-refractivity contribution in [3.63, 3.8) is 0 Å². The SMILES string of the molecule is CCN(CC)CCCNC(=O)CSc1ccccc1Cl. The van der Waals surface area contributed by atoms with Crippen LogP contribution in [0.5, 0.6) is 0 Å². The van der Waals surface area contributed by atoms with Crippen LogP contribution in [0.1, 0.15) is 20.3 Å². The Morgan fingerprint density at radius 3 is 2.65 bits per heavy atom. The first-order valence-corrected chi connectivity index (χ1v) is 8.40. The molecule has 5 heteroatoms. The number of rotatable bonds is 9. The van der Waals surface area contributed by atoms with Crippen LogP contribution in [0, 0.1) is 0 Å². The van der Waals surface area contributed by atoms with Gasteiger partial charge in [0.1, 0.15) is 0 Å². The van der Waals surface area contributed by atoms with Gasteiger partial charge in [0.15, 0.2) is 0 Å². The minimum atomic E-state index is 0.0643. The third-order valence-electron chi connectivity index (χ3n) is 3.06. The van der Waals surface area contributed by atoms with Crippen LogP contribution in [0.15, 0.2) is 29.2 Å². The molecule has 0 aromatic heterocycles. The first kappa shape index (κ1) is 17.3. The fourth-order valence-corrected chi connectivity index (χ4v) is 2.90. The fraction of sp³-hybridized carbons (Fsp3) is 0.533. The molecule has 3 nitrogen and oxygen atoms in total. The van der Waals surface area contributed by atoms with E-state index in [0.29, 0.717) is 10.8 Å². The van der Waals surface area contributed by atoms with Crippen LogP contribution in [-0.2, 0) is 4.79 Å². The van der Waals surface area contributed by atoms with E-state index in [4.69, 9.17) is 11.6 Å². The highest BCUT2D eigenvalue weighted by molar-refractivity contribution is 8.00. The second-order valence-electron chi connectivity index (χ2n) is 4.45. The number of carbonyl (C=O) groups is 1. The lowest BCUT2D eigenvalue weighted by Gasteiger charge is -2.17. The Balaban J connectivity index is 2.16. The molecule has 0 saturated heterocycles. The van der Waals surface area contributed by atoms with Crippen LogP contribution < -0.4 is 5.32 Å². The molecule has 1 aromatic rings. The molecule has 0 aliphatic rings. The predicted octanol–water partition coefficient (Wildman–Crippen LogP) is 3.28. The summed E-state index contributed by atoms with van der Waals surface area (Å²) >= 11 is 7.52. The van der Waals surface area contributed by atoms with Crippen molar-refractivity contribution in [1.29, 1.82) is 0 Å². The largest absolute Gasteiger partial charge is 0.355 e. The summed E-state index contributed by atoms with van der Waals surface area (Å²) in [6.45, 7) is 8.20. The van der Waals surface area contributed by atoms with Crippen LogP contribution in [0.2, 0.25) is 5.02 Å². The predicted molar refractivity (Wildman–Crippen MR) is 87.6 cm³/mol. The topological polar surface area (TPSA) is 32.3 Å². The zero-order valence-corrected chi connectivity index (χ0v) is 13.8. The summed E-state index contributed by atoms with van der Waals surface area (Å²) in [5, 5.41) is 3.65. The molecule has 0 unspecified atom stereocenters. The van der Waals surface area contributed by atoms with Crippen molar-refractivity contribution in [2.75, 3.05) is 31.9 Å². The highest BCUT2D eigenvalue weighted by Crippen LogP contribution is 2.26. The van der Waals surface area contributed by atoms with Crippen molar-refractivity contribution in [3.05, 3.63) is 29.3 Å². The molecule has 0 radical (unpaired) electrons. The number of nitrogens with zero attached hydrogens (tertiary/aromatic N) is 1. The minimum absolute atomic E-state index is 0.0643. The van der Waals surface area contributed by atoms with E-state index in [-0.39, 0.29) is 5.91 Å². The average Bonchev–Trinajstić information content (AvgIpc) is 2.46. The summed E-state index contributed by atoms with van der Waals surface area (Å²) in [5.74, 6) is 0.476. The van der Waals surface area contributed by atoms with Gasteiger partial charge in [0.2, 0.25) is 5.91 Å². The van der Waals surface area contributed by atoms with Gasteiger partial charge in [0, 0.05) is 11.4 Å². The van der Waals surface area contributed by atoms with Crippen LogP contribution in [0.4, 0.5) is 0 Å². The second kappa shape index (κ2) is 10.1. The molecule has 0 saturated carbocycles. The van der Waals surface area contributed by atoms with Crippen LogP contribution >= 0.6 is 23.4 Å². The number of amides is 1. The molecule has 0 heterocycles. The van der Waals surface area contributed by atoms with E-state index < -0.39 is 0 Å². The Morgan fingerprint density at radius 1 is 1.30 bits per heavy atom. The number of thioether (sulfide) groups is 1. The van der Waals surface area contributed by atoms with Gasteiger partial charge in [-0.15, -0.1) is 11.8 Å². The van der Waals surface area contributed by atoms with Gasteiger partial charge in [0.05, 0.1) is 10.8 Å². The Morgan fingerprint density at radius 2 is 2.00 bits per heavy atom. The highest BCUT2D eigenvalue weighted by atomic mass is 35.5. The first-order valence-electron chi connectivity index (χ1n) is 7.03. The summed E-state index contributed by atoms with van der Waals surface area (Å²) < 4.78 is 0. The molecular formula is C15H23ClN2OS. The van der Waals surface area contributed by atoms with Gasteiger partial charge in [0.25, 0.3) is 0 Å². The third-order valence-corrected chi connectivity index (χ3v) is 4.58.